The van der Waals surface area contributed by atoms with Gasteiger partial charge in [-0.25, -0.2) is 0 Å². The summed E-state index contributed by atoms with van der Waals surface area (Å²) in [5, 5.41) is 6.15. The smallest absolute Gasteiger partial charge is 0.416 e. The van der Waals surface area contributed by atoms with Crippen LogP contribution in [0.2, 0.25) is 0 Å². The number of ether oxygens (including phenoxy) is 1. The molecule has 0 saturated heterocycles. The number of likely N-dealkylation sites (N-methyl/N-ethyl adjacent to an activating group) is 1. The molecule has 0 aromatic heterocycles. The van der Waals surface area contributed by atoms with E-state index in [9.17, 15) is 18.0 Å². The van der Waals surface area contributed by atoms with Crippen molar-refractivity contribution in [1.29, 1.82) is 0 Å². The van der Waals surface area contributed by atoms with Crippen LogP contribution in [0.1, 0.15) is 40.8 Å². The van der Waals surface area contributed by atoms with E-state index in [1.807, 2.05) is 54.6 Å². The van der Waals surface area contributed by atoms with Gasteiger partial charge >= 0.3 is 6.18 Å². The molecule has 33 heavy (non-hydrogen) atoms. The fourth-order valence-corrected chi connectivity index (χ4v) is 3.67. The second-order valence-corrected chi connectivity index (χ2v) is 7.68. The molecule has 3 aromatic rings. The molecule has 0 aliphatic carbocycles. The van der Waals surface area contributed by atoms with Crippen molar-refractivity contribution in [3.63, 3.8) is 0 Å². The van der Waals surface area contributed by atoms with E-state index in [4.69, 9.17) is 4.74 Å². The predicted octanol–water partition coefficient (Wildman–Crippen LogP) is 5.46. The van der Waals surface area contributed by atoms with Gasteiger partial charge in [0.15, 0.2) is 0 Å². The van der Waals surface area contributed by atoms with Gasteiger partial charge in [0.1, 0.15) is 11.8 Å². The van der Waals surface area contributed by atoms with E-state index in [-0.39, 0.29) is 11.9 Å². The summed E-state index contributed by atoms with van der Waals surface area (Å²) >= 11 is 0. The first-order valence-corrected chi connectivity index (χ1v) is 10.6. The number of amides is 1. The summed E-state index contributed by atoms with van der Waals surface area (Å²) in [6.45, 7) is 0. The highest BCUT2D eigenvalue weighted by Gasteiger charge is 2.30. The lowest BCUT2D eigenvalue weighted by molar-refractivity contribution is -0.137. The Labute approximate surface area is 191 Å². The number of hydrogen-bond donors (Lipinski definition) is 2. The average Bonchev–Trinajstić information content (AvgIpc) is 2.84. The van der Waals surface area contributed by atoms with Crippen molar-refractivity contribution in [1.82, 2.24) is 10.6 Å². The maximum Gasteiger partial charge on any atom is 0.416 e. The summed E-state index contributed by atoms with van der Waals surface area (Å²) in [6.07, 6.45) is -3.24. The van der Waals surface area contributed by atoms with E-state index in [2.05, 4.69) is 10.6 Å². The van der Waals surface area contributed by atoms with Crippen molar-refractivity contribution in [2.45, 2.75) is 31.1 Å². The largest absolute Gasteiger partial charge is 0.497 e. The van der Waals surface area contributed by atoms with Crippen LogP contribution in [0.15, 0.2) is 78.9 Å². The SMILES string of the molecule is CNC(=O)[C@H](N[C@@H](CCc1ccc(C(F)(F)F)cc1)c1ccc(OC)cc1)c1ccccc1. The van der Waals surface area contributed by atoms with E-state index in [0.717, 1.165) is 28.8 Å². The third kappa shape index (κ3) is 6.58. The quantitative estimate of drug-likeness (QED) is 0.449. The molecular formula is C26H27F3N2O2. The third-order valence-electron chi connectivity index (χ3n) is 5.53. The topological polar surface area (TPSA) is 50.4 Å². The molecule has 4 nitrogen and oxygen atoms in total. The van der Waals surface area contributed by atoms with Gasteiger partial charge in [-0.05, 0) is 53.8 Å². The molecule has 0 heterocycles. The third-order valence-corrected chi connectivity index (χ3v) is 5.53. The highest BCUT2D eigenvalue weighted by Crippen LogP contribution is 2.30. The van der Waals surface area contributed by atoms with Gasteiger partial charge in [0.05, 0.1) is 12.7 Å². The van der Waals surface area contributed by atoms with Crippen molar-refractivity contribution in [3.05, 3.63) is 101 Å². The Kier molecular flexibility index (Phi) is 8.11. The van der Waals surface area contributed by atoms with Gasteiger partial charge in [0, 0.05) is 13.1 Å². The van der Waals surface area contributed by atoms with Crippen LogP contribution in [0.3, 0.4) is 0 Å². The first-order chi connectivity index (χ1) is 15.8. The number of hydrogen-bond acceptors (Lipinski definition) is 3. The summed E-state index contributed by atoms with van der Waals surface area (Å²) in [7, 11) is 3.18. The molecule has 0 radical (unpaired) electrons. The maximum absolute atomic E-state index is 12.9. The molecule has 174 valence electrons. The van der Waals surface area contributed by atoms with E-state index < -0.39 is 17.8 Å². The molecule has 0 aliphatic heterocycles. The van der Waals surface area contributed by atoms with E-state index in [1.54, 1.807) is 14.2 Å². The number of rotatable bonds is 9. The molecule has 0 bridgehead atoms. The summed E-state index contributed by atoms with van der Waals surface area (Å²) < 4.78 is 43.9. The van der Waals surface area contributed by atoms with E-state index in [0.29, 0.717) is 18.6 Å². The van der Waals surface area contributed by atoms with Gasteiger partial charge in [0.25, 0.3) is 0 Å². The van der Waals surface area contributed by atoms with E-state index >= 15 is 0 Å². The predicted molar refractivity (Wildman–Crippen MR) is 122 cm³/mol. The van der Waals surface area contributed by atoms with Crippen LogP contribution >= 0.6 is 0 Å². The van der Waals surface area contributed by atoms with Crippen molar-refractivity contribution < 1.29 is 22.7 Å². The number of carbonyl (C=O) groups excluding carboxylic acids is 1. The molecule has 1 amide bonds. The Morgan fingerprint density at radius 3 is 2.09 bits per heavy atom. The van der Waals surface area contributed by atoms with Gasteiger partial charge in [-0.1, -0.05) is 54.6 Å². The van der Waals surface area contributed by atoms with Gasteiger partial charge in [-0.15, -0.1) is 0 Å². The molecule has 0 fully saturated rings. The normalized spacial score (nSPS) is 13.2. The number of aryl methyl sites for hydroxylation is 1. The summed E-state index contributed by atoms with van der Waals surface area (Å²) in [6, 6.07) is 21.3. The first kappa shape index (κ1) is 24.3. The van der Waals surface area contributed by atoms with Crippen LogP contribution in [0.5, 0.6) is 5.75 Å². The molecule has 7 heteroatoms. The minimum absolute atomic E-state index is 0.172. The summed E-state index contributed by atoms with van der Waals surface area (Å²) in [5.41, 5.74) is 1.90. The molecule has 0 saturated carbocycles. The molecule has 0 aliphatic rings. The molecule has 3 aromatic carbocycles. The van der Waals surface area contributed by atoms with Crippen molar-refractivity contribution in [3.8, 4) is 5.75 Å². The Morgan fingerprint density at radius 1 is 0.909 bits per heavy atom. The standard InChI is InChI=1S/C26H27F3N2O2/c1-30-25(32)24(20-6-4-3-5-7-20)31-23(19-11-15-22(33-2)16-12-19)17-10-18-8-13-21(14-9-18)26(27,28)29/h3-9,11-16,23-24,31H,10,17H2,1-2H3,(H,30,32)/t23-,24+/m0/s1. The Morgan fingerprint density at radius 2 is 1.55 bits per heavy atom. The Bertz CT molecular complexity index is 1020. The van der Waals surface area contributed by atoms with Crippen LogP contribution < -0.4 is 15.4 Å². The summed E-state index contributed by atoms with van der Waals surface area (Å²) in [5.74, 6) is 0.542. The van der Waals surface area contributed by atoms with Crippen LogP contribution in [0.4, 0.5) is 13.2 Å². The lowest BCUT2D eigenvalue weighted by atomic mass is 9.96. The lowest BCUT2D eigenvalue weighted by Crippen LogP contribution is -2.38. The molecular weight excluding hydrogens is 429 g/mol. The van der Waals surface area contributed by atoms with Crippen LogP contribution in [-0.4, -0.2) is 20.1 Å². The van der Waals surface area contributed by atoms with E-state index in [1.165, 1.54) is 12.1 Å². The second kappa shape index (κ2) is 11.0. The minimum Gasteiger partial charge on any atom is -0.497 e. The van der Waals surface area contributed by atoms with Gasteiger partial charge in [-0.2, -0.15) is 13.2 Å². The van der Waals surface area contributed by atoms with Crippen molar-refractivity contribution >= 4 is 5.91 Å². The lowest BCUT2D eigenvalue weighted by Gasteiger charge is -2.26. The van der Waals surface area contributed by atoms with Crippen LogP contribution in [0.25, 0.3) is 0 Å². The van der Waals surface area contributed by atoms with Crippen LogP contribution in [-0.2, 0) is 17.4 Å². The zero-order valence-corrected chi connectivity index (χ0v) is 18.5. The number of nitrogens with one attached hydrogen (secondary N) is 2. The average molecular weight is 457 g/mol. The zero-order chi connectivity index (χ0) is 23.8. The monoisotopic (exact) mass is 456 g/mol. The summed E-state index contributed by atoms with van der Waals surface area (Å²) in [4.78, 5) is 12.7. The fraction of sp³-hybridized carbons (Fsp3) is 0.269. The molecule has 0 unspecified atom stereocenters. The van der Waals surface area contributed by atoms with Crippen molar-refractivity contribution in [2.75, 3.05) is 14.2 Å². The maximum atomic E-state index is 12.9. The number of alkyl halides is 3. The minimum atomic E-state index is -4.36. The highest BCUT2D eigenvalue weighted by atomic mass is 19.4. The molecule has 3 rings (SSSR count). The van der Waals surface area contributed by atoms with Crippen molar-refractivity contribution in [2.24, 2.45) is 0 Å². The number of carbonyl (C=O) groups is 1. The fourth-order valence-electron chi connectivity index (χ4n) is 3.67. The molecule has 0 spiro atoms. The zero-order valence-electron chi connectivity index (χ0n) is 18.5. The number of benzene rings is 3. The van der Waals surface area contributed by atoms with Gasteiger partial charge in [-0.3, -0.25) is 10.1 Å². The number of methoxy groups -OCH3 is 1. The van der Waals surface area contributed by atoms with Gasteiger partial charge < -0.3 is 10.1 Å². The molecule has 2 atom stereocenters. The second-order valence-electron chi connectivity index (χ2n) is 7.68. The number of halogens is 3. The Hall–Kier alpha value is -3.32. The van der Waals surface area contributed by atoms with Gasteiger partial charge in [0.2, 0.25) is 5.91 Å². The highest BCUT2D eigenvalue weighted by molar-refractivity contribution is 5.83. The first-order valence-electron chi connectivity index (χ1n) is 10.6. The Balaban J connectivity index is 1.84. The van der Waals surface area contributed by atoms with Crippen LogP contribution in [0, 0.1) is 0 Å². The molecule has 2 N–H and O–H groups in total.